The molecule has 88 valence electrons. The van der Waals surface area contributed by atoms with Crippen molar-refractivity contribution < 1.29 is 22.3 Å². The largest absolute Gasteiger partial charge is 0.465 e. The zero-order valence-corrected chi connectivity index (χ0v) is 9.67. The van der Waals surface area contributed by atoms with E-state index in [1.807, 2.05) is 0 Å². The minimum Gasteiger partial charge on any atom is -0.465 e. The van der Waals surface area contributed by atoms with Gasteiger partial charge in [-0.3, -0.25) is 0 Å². The number of methoxy groups -OCH3 is 1. The van der Waals surface area contributed by atoms with Crippen molar-refractivity contribution in [3.63, 3.8) is 0 Å². The molecule has 0 heterocycles. The lowest BCUT2D eigenvalue weighted by Gasteiger charge is -2.03. The Morgan fingerprint density at radius 2 is 2.06 bits per heavy atom. The van der Waals surface area contributed by atoms with E-state index in [0.29, 0.717) is 5.56 Å². The molecule has 16 heavy (non-hydrogen) atoms. The molecule has 0 saturated carbocycles. The van der Waals surface area contributed by atoms with E-state index in [9.17, 15) is 17.6 Å². The third-order valence-corrected chi connectivity index (χ3v) is 2.73. The van der Waals surface area contributed by atoms with Gasteiger partial charge in [0.2, 0.25) is 0 Å². The second-order valence-corrected chi connectivity index (χ2v) is 5.52. The van der Waals surface area contributed by atoms with E-state index in [-0.39, 0.29) is 11.3 Å². The van der Waals surface area contributed by atoms with Crippen LogP contribution in [0.5, 0.6) is 0 Å². The number of carbonyl (C=O) groups excluding carboxylic acids is 1. The van der Waals surface area contributed by atoms with Gasteiger partial charge in [-0.05, 0) is 17.7 Å². The maximum atomic E-state index is 13.4. The van der Waals surface area contributed by atoms with Gasteiger partial charge >= 0.3 is 5.97 Å². The van der Waals surface area contributed by atoms with Crippen molar-refractivity contribution in [2.75, 3.05) is 13.4 Å². The zero-order chi connectivity index (χ0) is 12.3. The Kier molecular flexibility index (Phi) is 3.64. The molecule has 4 nitrogen and oxygen atoms in total. The number of rotatable bonds is 3. The van der Waals surface area contributed by atoms with Crippen LogP contribution in [0.1, 0.15) is 15.9 Å². The third-order valence-electron chi connectivity index (χ3n) is 1.87. The zero-order valence-electron chi connectivity index (χ0n) is 8.86. The lowest BCUT2D eigenvalue weighted by Crippen LogP contribution is -2.06. The van der Waals surface area contributed by atoms with Crippen LogP contribution in [-0.4, -0.2) is 27.8 Å². The van der Waals surface area contributed by atoms with Crippen molar-refractivity contribution in [1.82, 2.24) is 0 Å². The van der Waals surface area contributed by atoms with Crippen LogP contribution in [0.4, 0.5) is 4.39 Å². The fourth-order valence-electron chi connectivity index (χ4n) is 1.23. The van der Waals surface area contributed by atoms with Gasteiger partial charge in [0.1, 0.15) is 5.82 Å². The van der Waals surface area contributed by atoms with Gasteiger partial charge in [0, 0.05) is 6.26 Å². The smallest absolute Gasteiger partial charge is 0.340 e. The Labute approximate surface area is 93.0 Å². The van der Waals surface area contributed by atoms with Crippen molar-refractivity contribution in [1.29, 1.82) is 0 Å². The molecule has 0 spiro atoms. The minimum atomic E-state index is -3.22. The fourth-order valence-corrected chi connectivity index (χ4v) is 2.01. The van der Waals surface area contributed by atoms with Crippen molar-refractivity contribution in [3.05, 3.63) is 35.1 Å². The average Bonchev–Trinajstić information content (AvgIpc) is 2.14. The van der Waals surface area contributed by atoms with Crippen LogP contribution >= 0.6 is 0 Å². The molecule has 0 fully saturated rings. The molecule has 0 aliphatic rings. The third kappa shape index (κ3) is 3.30. The molecular weight excluding hydrogens is 235 g/mol. The lowest BCUT2D eigenvalue weighted by atomic mass is 10.1. The van der Waals surface area contributed by atoms with Gasteiger partial charge in [-0.25, -0.2) is 17.6 Å². The van der Waals surface area contributed by atoms with Gasteiger partial charge in [0.05, 0.1) is 18.4 Å². The highest BCUT2D eigenvalue weighted by Crippen LogP contribution is 2.13. The minimum absolute atomic E-state index is 0.209. The Hall–Kier alpha value is -1.43. The second-order valence-electron chi connectivity index (χ2n) is 3.38. The van der Waals surface area contributed by atoms with Crippen molar-refractivity contribution in [2.24, 2.45) is 0 Å². The predicted molar refractivity (Wildman–Crippen MR) is 56.3 cm³/mol. The molecule has 0 aromatic heterocycles. The van der Waals surface area contributed by atoms with Crippen LogP contribution < -0.4 is 0 Å². The summed E-state index contributed by atoms with van der Waals surface area (Å²) in [6, 6.07) is 3.62. The van der Waals surface area contributed by atoms with Crippen LogP contribution in [0, 0.1) is 5.82 Å². The second kappa shape index (κ2) is 4.61. The molecule has 0 N–H and O–H groups in total. The van der Waals surface area contributed by atoms with Gasteiger partial charge in [0.25, 0.3) is 0 Å². The molecule has 6 heteroatoms. The van der Waals surface area contributed by atoms with Gasteiger partial charge < -0.3 is 4.74 Å². The first kappa shape index (κ1) is 12.6. The van der Waals surface area contributed by atoms with E-state index in [0.717, 1.165) is 19.4 Å². The van der Waals surface area contributed by atoms with E-state index < -0.39 is 21.6 Å². The Morgan fingerprint density at radius 1 is 1.44 bits per heavy atom. The van der Waals surface area contributed by atoms with Gasteiger partial charge in [-0.1, -0.05) is 6.07 Å². The summed E-state index contributed by atoms with van der Waals surface area (Å²) in [5.41, 5.74) is 0.0902. The van der Waals surface area contributed by atoms with Gasteiger partial charge in [-0.15, -0.1) is 0 Å². The maximum absolute atomic E-state index is 13.4. The number of ether oxygens (including phenoxy) is 1. The normalized spacial score (nSPS) is 11.2. The van der Waals surface area contributed by atoms with Gasteiger partial charge in [-0.2, -0.15) is 0 Å². The molecular formula is C10H11FO4S. The summed E-state index contributed by atoms with van der Waals surface area (Å²) in [6.07, 6.45) is 1.05. The topological polar surface area (TPSA) is 60.4 Å². The molecule has 0 bridgehead atoms. The molecule has 0 saturated heterocycles. The molecule has 1 aromatic carbocycles. The first-order valence-corrected chi connectivity index (χ1v) is 6.44. The summed E-state index contributed by atoms with van der Waals surface area (Å²) >= 11 is 0. The molecule has 1 rings (SSSR count). The summed E-state index contributed by atoms with van der Waals surface area (Å²) in [4.78, 5) is 11.1. The monoisotopic (exact) mass is 246 g/mol. The lowest BCUT2D eigenvalue weighted by molar-refractivity contribution is 0.0595. The van der Waals surface area contributed by atoms with Crippen LogP contribution in [-0.2, 0) is 20.3 Å². The van der Waals surface area contributed by atoms with E-state index in [1.165, 1.54) is 12.1 Å². The van der Waals surface area contributed by atoms with E-state index in [4.69, 9.17) is 0 Å². The van der Waals surface area contributed by atoms with E-state index >= 15 is 0 Å². The molecule has 0 amide bonds. The number of hydrogen-bond donors (Lipinski definition) is 0. The van der Waals surface area contributed by atoms with E-state index in [2.05, 4.69) is 4.74 Å². The van der Waals surface area contributed by atoms with Crippen LogP contribution in [0.25, 0.3) is 0 Å². The Balaban J connectivity index is 3.05. The predicted octanol–water partition coefficient (Wildman–Crippen LogP) is 1.16. The molecule has 0 unspecified atom stereocenters. The van der Waals surface area contributed by atoms with Gasteiger partial charge in [0.15, 0.2) is 9.84 Å². The number of halogens is 1. The van der Waals surface area contributed by atoms with Crippen molar-refractivity contribution in [2.45, 2.75) is 5.75 Å². The molecule has 0 radical (unpaired) electrons. The van der Waals surface area contributed by atoms with Crippen LogP contribution in [0.2, 0.25) is 0 Å². The summed E-state index contributed by atoms with van der Waals surface area (Å²) in [7, 11) is -2.07. The Bertz CT molecular complexity index is 508. The highest BCUT2D eigenvalue weighted by atomic mass is 32.2. The van der Waals surface area contributed by atoms with Crippen LogP contribution in [0.15, 0.2) is 18.2 Å². The summed E-state index contributed by atoms with van der Waals surface area (Å²) in [6.45, 7) is 0. The number of esters is 1. The molecule has 0 aliphatic heterocycles. The van der Waals surface area contributed by atoms with Crippen molar-refractivity contribution in [3.8, 4) is 0 Å². The first-order valence-electron chi connectivity index (χ1n) is 4.38. The molecule has 0 atom stereocenters. The molecule has 0 aliphatic carbocycles. The highest BCUT2D eigenvalue weighted by molar-refractivity contribution is 7.89. The fraction of sp³-hybridized carbons (Fsp3) is 0.300. The number of benzene rings is 1. The van der Waals surface area contributed by atoms with E-state index in [1.54, 1.807) is 0 Å². The first-order chi connectivity index (χ1) is 7.33. The Morgan fingerprint density at radius 3 is 2.50 bits per heavy atom. The van der Waals surface area contributed by atoms with Crippen LogP contribution in [0.3, 0.4) is 0 Å². The number of sulfone groups is 1. The quantitative estimate of drug-likeness (QED) is 0.751. The summed E-state index contributed by atoms with van der Waals surface area (Å²) < 4.78 is 39.7. The maximum Gasteiger partial charge on any atom is 0.340 e. The number of carbonyl (C=O) groups is 1. The average molecular weight is 246 g/mol. The SMILES string of the molecule is COC(=O)c1ccc(CS(C)(=O)=O)cc1F. The summed E-state index contributed by atoms with van der Waals surface area (Å²) in [5, 5.41) is 0. The highest BCUT2D eigenvalue weighted by Gasteiger charge is 2.13. The van der Waals surface area contributed by atoms with Crippen molar-refractivity contribution >= 4 is 15.8 Å². The number of hydrogen-bond acceptors (Lipinski definition) is 4. The summed E-state index contributed by atoms with van der Waals surface area (Å²) in [5.74, 6) is -1.83. The molecule has 1 aromatic rings. The standard InChI is InChI=1S/C10H11FO4S/c1-15-10(12)8-4-3-7(5-9(8)11)6-16(2,13)14/h3-5H,6H2,1-2H3.